The fourth-order valence-corrected chi connectivity index (χ4v) is 6.49. The van der Waals surface area contributed by atoms with Gasteiger partial charge < -0.3 is 15.0 Å². The Morgan fingerprint density at radius 2 is 2.03 bits per heavy atom. The van der Waals surface area contributed by atoms with E-state index >= 15 is 0 Å². The summed E-state index contributed by atoms with van der Waals surface area (Å²) in [6.45, 7) is 6.53. The van der Waals surface area contributed by atoms with Gasteiger partial charge in [0.25, 0.3) is 0 Å². The van der Waals surface area contributed by atoms with Crippen LogP contribution in [0, 0.1) is 11.3 Å². The van der Waals surface area contributed by atoms with Crippen LogP contribution in [0.4, 0.5) is 0 Å². The fourth-order valence-electron chi connectivity index (χ4n) is 6.49. The first kappa shape index (κ1) is 20.5. The Morgan fingerprint density at radius 3 is 2.80 bits per heavy atom. The van der Waals surface area contributed by atoms with Crippen molar-refractivity contribution in [2.45, 2.75) is 70.0 Å². The van der Waals surface area contributed by atoms with Crippen molar-refractivity contribution in [3.63, 3.8) is 0 Å². The van der Waals surface area contributed by atoms with Gasteiger partial charge in [-0.15, -0.1) is 0 Å². The first-order valence-electron chi connectivity index (χ1n) is 12.1. The predicted octanol–water partition coefficient (Wildman–Crippen LogP) is 2.16. The molecule has 2 saturated heterocycles. The number of H-pyrrole nitrogens is 1. The predicted molar refractivity (Wildman–Crippen MR) is 115 cm³/mol. The third-order valence-electron chi connectivity index (χ3n) is 8.19. The molecule has 5 rings (SSSR count). The maximum atomic E-state index is 13.7. The minimum atomic E-state index is -0.240. The minimum absolute atomic E-state index is 0.240. The molecule has 7 nitrogen and oxygen atoms in total. The minimum Gasteiger partial charge on any atom is -0.379 e. The van der Waals surface area contributed by atoms with Crippen LogP contribution in [-0.4, -0.2) is 77.2 Å². The number of amides is 1. The van der Waals surface area contributed by atoms with Crippen LogP contribution in [0.5, 0.6) is 0 Å². The van der Waals surface area contributed by atoms with Gasteiger partial charge in [-0.25, -0.2) is 4.98 Å². The average Bonchev–Trinajstić information content (AvgIpc) is 3.48. The highest BCUT2D eigenvalue weighted by molar-refractivity contribution is 5.84. The van der Waals surface area contributed by atoms with E-state index in [0.717, 1.165) is 90.3 Å². The zero-order chi connectivity index (χ0) is 20.4. The van der Waals surface area contributed by atoms with Crippen LogP contribution in [-0.2, 0) is 16.1 Å². The quantitative estimate of drug-likeness (QED) is 0.771. The molecule has 2 saturated carbocycles. The molecular formula is C23H37N5O2. The molecule has 2 aliphatic carbocycles. The highest BCUT2D eigenvalue weighted by Crippen LogP contribution is 2.48. The molecule has 2 N–H and O–H groups in total. The number of carbonyl (C=O) groups is 1. The van der Waals surface area contributed by atoms with Crippen LogP contribution in [0.15, 0.2) is 12.4 Å². The molecule has 4 aliphatic rings. The second-order valence-electron chi connectivity index (χ2n) is 9.92. The first-order valence-corrected chi connectivity index (χ1v) is 12.1. The second-order valence-corrected chi connectivity index (χ2v) is 9.92. The Labute approximate surface area is 179 Å². The molecule has 1 amide bonds. The van der Waals surface area contributed by atoms with Crippen molar-refractivity contribution in [1.82, 2.24) is 25.1 Å². The van der Waals surface area contributed by atoms with Crippen molar-refractivity contribution < 1.29 is 9.53 Å². The van der Waals surface area contributed by atoms with Gasteiger partial charge in [0.2, 0.25) is 5.91 Å². The standard InChI is InChI=1S/C23H37N5O2/c29-22(26-19-3-1-2-4-19)23-7-5-20(28-11-13-30-14-12-28)15-18(23)6-10-27(17-23)16-21-24-8-9-25-21/h8-9,18-20H,1-7,10-17H2,(H,24,25)(H,26,29)/t18-,20+,23-/m1/s1. The third kappa shape index (κ3) is 4.16. The Morgan fingerprint density at radius 1 is 1.20 bits per heavy atom. The number of imidazole rings is 1. The summed E-state index contributed by atoms with van der Waals surface area (Å²) in [4.78, 5) is 26.5. The number of aromatic amines is 1. The summed E-state index contributed by atoms with van der Waals surface area (Å²) in [5.74, 6) is 1.82. The van der Waals surface area contributed by atoms with Gasteiger partial charge in [0.05, 0.1) is 25.2 Å². The lowest BCUT2D eigenvalue weighted by atomic mass is 9.60. The lowest BCUT2D eigenvalue weighted by Crippen LogP contribution is -2.61. The Kier molecular flexibility index (Phi) is 6.12. The monoisotopic (exact) mass is 415 g/mol. The fraction of sp³-hybridized carbons (Fsp3) is 0.826. The summed E-state index contributed by atoms with van der Waals surface area (Å²) in [7, 11) is 0. The molecule has 0 bridgehead atoms. The molecule has 0 spiro atoms. The summed E-state index contributed by atoms with van der Waals surface area (Å²) in [6.07, 6.45) is 12.9. The van der Waals surface area contributed by atoms with E-state index in [0.29, 0.717) is 23.9 Å². The molecule has 3 atom stereocenters. The van der Waals surface area contributed by atoms with Crippen LogP contribution in [0.25, 0.3) is 0 Å². The highest BCUT2D eigenvalue weighted by atomic mass is 16.5. The van der Waals surface area contributed by atoms with E-state index in [9.17, 15) is 4.79 Å². The van der Waals surface area contributed by atoms with Crippen LogP contribution in [0.1, 0.15) is 57.2 Å². The zero-order valence-corrected chi connectivity index (χ0v) is 18.2. The molecule has 7 heteroatoms. The van der Waals surface area contributed by atoms with Crippen LogP contribution < -0.4 is 5.32 Å². The van der Waals surface area contributed by atoms with Gasteiger partial charge in [-0.1, -0.05) is 12.8 Å². The first-order chi connectivity index (χ1) is 14.7. The lowest BCUT2D eigenvalue weighted by Gasteiger charge is -2.53. The Balaban J connectivity index is 1.32. The van der Waals surface area contributed by atoms with Crippen molar-refractivity contribution in [1.29, 1.82) is 0 Å². The van der Waals surface area contributed by atoms with Crippen molar-refractivity contribution in [3.8, 4) is 0 Å². The Hall–Kier alpha value is -1.44. The molecule has 0 radical (unpaired) electrons. The van der Waals surface area contributed by atoms with Gasteiger partial charge in [0.1, 0.15) is 5.82 Å². The molecule has 166 valence electrons. The summed E-state index contributed by atoms with van der Waals surface area (Å²) in [5, 5.41) is 3.49. The molecule has 1 aromatic heterocycles. The number of fused-ring (bicyclic) bond motifs is 1. The van der Waals surface area contributed by atoms with E-state index in [-0.39, 0.29) is 5.41 Å². The molecule has 4 fully saturated rings. The van der Waals surface area contributed by atoms with Gasteiger partial charge in [0.15, 0.2) is 0 Å². The summed E-state index contributed by atoms with van der Waals surface area (Å²) in [5.41, 5.74) is -0.240. The van der Waals surface area contributed by atoms with Crippen molar-refractivity contribution >= 4 is 5.91 Å². The maximum absolute atomic E-state index is 13.7. The molecular weight excluding hydrogens is 378 g/mol. The van der Waals surface area contributed by atoms with Crippen LogP contribution >= 0.6 is 0 Å². The SMILES string of the molecule is O=C(NC1CCCC1)[C@@]12CC[C@H](N3CCOCC3)C[C@H]1CCN(Cc1ncc[nH]1)C2. The molecule has 2 aliphatic heterocycles. The number of piperidine rings is 1. The highest BCUT2D eigenvalue weighted by Gasteiger charge is 2.52. The van der Waals surface area contributed by atoms with Gasteiger partial charge in [-0.3, -0.25) is 14.6 Å². The van der Waals surface area contributed by atoms with Gasteiger partial charge in [-0.2, -0.15) is 0 Å². The van der Waals surface area contributed by atoms with E-state index in [1.165, 1.54) is 12.8 Å². The number of likely N-dealkylation sites (tertiary alicyclic amines) is 1. The number of ether oxygens (including phenoxy) is 1. The maximum Gasteiger partial charge on any atom is 0.228 e. The molecule has 0 unspecified atom stereocenters. The van der Waals surface area contributed by atoms with Crippen molar-refractivity contribution in [2.75, 3.05) is 39.4 Å². The van der Waals surface area contributed by atoms with Crippen LogP contribution in [0.2, 0.25) is 0 Å². The molecule has 1 aromatic rings. The van der Waals surface area contributed by atoms with Gasteiger partial charge in [0, 0.05) is 44.1 Å². The van der Waals surface area contributed by atoms with Crippen LogP contribution in [0.3, 0.4) is 0 Å². The average molecular weight is 416 g/mol. The lowest BCUT2D eigenvalue weighted by molar-refractivity contribution is -0.146. The largest absolute Gasteiger partial charge is 0.379 e. The number of hydrogen-bond donors (Lipinski definition) is 2. The summed E-state index contributed by atoms with van der Waals surface area (Å²) < 4.78 is 5.57. The topological polar surface area (TPSA) is 73.5 Å². The normalized spacial score (nSPS) is 34.0. The summed E-state index contributed by atoms with van der Waals surface area (Å²) >= 11 is 0. The molecule has 30 heavy (non-hydrogen) atoms. The van der Waals surface area contributed by atoms with Crippen molar-refractivity contribution in [3.05, 3.63) is 18.2 Å². The molecule has 3 heterocycles. The Bertz CT molecular complexity index is 698. The number of nitrogens with one attached hydrogen (secondary N) is 2. The van der Waals surface area contributed by atoms with E-state index in [2.05, 4.69) is 25.1 Å². The number of rotatable bonds is 5. The second kappa shape index (κ2) is 8.97. The number of nitrogens with zero attached hydrogens (tertiary/aromatic N) is 3. The number of aromatic nitrogens is 2. The number of hydrogen-bond acceptors (Lipinski definition) is 5. The third-order valence-corrected chi connectivity index (χ3v) is 8.19. The van der Waals surface area contributed by atoms with E-state index in [4.69, 9.17) is 4.74 Å². The van der Waals surface area contributed by atoms with Gasteiger partial charge in [-0.05, 0) is 51.0 Å². The van der Waals surface area contributed by atoms with E-state index < -0.39 is 0 Å². The van der Waals surface area contributed by atoms with E-state index in [1.54, 1.807) is 0 Å². The van der Waals surface area contributed by atoms with Gasteiger partial charge >= 0.3 is 0 Å². The summed E-state index contributed by atoms with van der Waals surface area (Å²) in [6, 6.07) is 1.01. The van der Waals surface area contributed by atoms with Crippen molar-refractivity contribution in [2.24, 2.45) is 11.3 Å². The number of carbonyl (C=O) groups excluding carboxylic acids is 1. The molecule has 0 aromatic carbocycles. The zero-order valence-electron chi connectivity index (χ0n) is 18.2. The smallest absolute Gasteiger partial charge is 0.228 e. The number of morpholine rings is 1. The van der Waals surface area contributed by atoms with E-state index in [1.807, 2.05) is 12.4 Å².